The molecule has 0 aliphatic heterocycles. The Balaban J connectivity index is 2.34. The zero-order chi connectivity index (χ0) is 18.1. The Morgan fingerprint density at radius 3 is 2.46 bits per heavy atom. The molecular formula is C16H16F3N3O2. The number of amides is 1. The Hall–Kier alpha value is -2.64. The lowest BCUT2D eigenvalue weighted by Crippen LogP contribution is -2.35. The first-order valence-corrected chi connectivity index (χ1v) is 7.15. The van der Waals surface area contributed by atoms with Crippen LogP contribution in [0.15, 0.2) is 35.1 Å². The summed E-state index contributed by atoms with van der Waals surface area (Å²) in [6.45, 7) is 4.70. The van der Waals surface area contributed by atoms with Crippen LogP contribution in [0.4, 0.5) is 18.9 Å². The molecule has 5 nitrogen and oxygen atoms in total. The van der Waals surface area contributed by atoms with E-state index in [1.165, 1.54) is 19.1 Å². The van der Waals surface area contributed by atoms with Gasteiger partial charge in [-0.25, -0.2) is 4.79 Å². The molecular weight excluding hydrogens is 323 g/mol. The maximum atomic E-state index is 13.0. The van der Waals surface area contributed by atoms with Crippen LogP contribution in [0.2, 0.25) is 0 Å². The summed E-state index contributed by atoms with van der Waals surface area (Å²) in [7, 11) is 0. The Kier molecular flexibility index (Phi) is 4.77. The van der Waals surface area contributed by atoms with Gasteiger partial charge in [-0.15, -0.1) is 0 Å². The van der Waals surface area contributed by atoms with E-state index in [1.807, 2.05) is 0 Å². The number of aromatic nitrogens is 2. The monoisotopic (exact) mass is 339 g/mol. The smallest absolute Gasteiger partial charge is 0.324 e. The molecule has 0 saturated carbocycles. The van der Waals surface area contributed by atoms with E-state index in [9.17, 15) is 22.8 Å². The van der Waals surface area contributed by atoms with E-state index in [2.05, 4.69) is 10.3 Å². The lowest BCUT2D eigenvalue weighted by molar-refractivity contribution is -0.137. The van der Waals surface area contributed by atoms with Crippen LogP contribution < -0.4 is 11.0 Å². The van der Waals surface area contributed by atoms with Gasteiger partial charge in [0, 0.05) is 11.4 Å². The van der Waals surface area contributed by atoms with Gasteiger partial charge in [-0.1, -0.05) is 12.1 Å². The molecule has 0 bridgehead atoms. The summed E-state index contributed by atoms with van der Waals surface area (Å²) < 4.78 is 40.1. The summed E-state index contributed by atoms with van der Waals surface area (Å²) in [6, 6.07) is 5.28. The number of anilines is 1. The minimum Gasteiger partial charge on any atom is -0.324 e. The van der Waals surface area contributed by atoms with Crippen molar-refractivity contribution in [2.24, 2.45) is 0 Å². The standard InChI is InChI=1S/C16H16F3N3O2/c1-9-8-10(2)22(15(24)20-9)11(3)14(23)21-13-7-5-4-6-12(13)16(17,18)19/h4-8,11H,1-3H3,(H,21,23)/t11-/m1/s1. The van der Waals surface area contributed by atoms with Gasteiger partial charge in [0.2, 0.25) is 5.91 Å². The maximum Gasteiger partial charge on any atom is 0.418 e. The molecule has 1 N–H and O–H groups in total. The van der Waals surface area contributed by atoms with Gasteiger partial charge in [0.1, 0.15) is 6.04 Å². The third kappa shape index (κ3) is 3.64. The van der Waals surface area contributed by atoms with E-state index in [0.717, 1.165) is 16.7 Å². The predicted octanol–water partition coefficient (Wildman–Crippen LogP) is 3.08. The fourth-order valence-electron chi connectivity index (χ4n) is 2.42. The van der Waals surface area contributed by atoms with Crippen molar-refractivity contribution in [3.63, 3.8) is 0 Å². The number of para-hydroxylation sites is 1. The highest BCUT2D eigenvalue weighted by Gasteiger charge is 2.34. The highest BCUT2D eigenvalue weighted by molar-refractivity contribution is 5.94. The number of hydrogen-bond donors (Lipinski definition) is 1. The molecule has 0 saturated heterocycles. The number of alkyl halides is 3. The minimum atomic E-state index is -4.59. The van der Waals surface area contributed by atoms with Gasteiger partial charge in [-0.2, -0.15) is 18.2 Å². The number of carbonyl (C=O) groups is 1. The Bertz CT molecular complexity index is 828. The Morgan fingerprint density at radius 1 is 1.25 bits per heavy atom. The molecule has 128 valence electrons. The van der Waals surface area contributed by atoms with Crippen LogP contribution in [0.5, 0.6) is 0 Å². The number of hydrogen-bond acceptors (Lipinski definition) is 3. The first kappa shape index (κ1) is 17.7. The molecule has 0 unspecified atom stereocenters. The second kappa shape index (κ2) is 6.46. The third-order valence-corrected chi connectivity index (χ3v) is 3.53. The van der Waals surface area contributed by atoms with E-state index < -0.39 is 29.4 Å². The highest BCUT2D eigenvalue weighted by atomic mass is 19.4. The molecule has 0 aliphatic rings. The SMILES string of the molecule is Cc1cc(C)n([C@H](C)C(=O)Nc2ccccc2C(F)(F)F)c(=O)n1. The Labute approximate surface area is 136 Å². The van der Waals surface area contributed by atoms with Crippen molar-refractivity contribution in [3.05, 3.63) is 57.8 Å². The van der Waals surface area contributed by atoms with Gasteiger partial charge in [0.25, 0.3) is 0 Å². The second-order valence-corrected chi connectivity index (χ2v) is 5.40. The zero-order valence-electron chi connectivity index (χ0n) is 13.3. The maximum absolute atomic E-state index is 13.0. The van der Waals surface area contributed by atoms with E-state index in [4.69, 9.17) is 0 Å². The lowest BCUT2D eigenvalue weighted by Gasteiger charge is -2.19. The first-order valence-electron chi connectivity index (χ1n) is 7.15. The van der Waals surface area contributed by atoms with Crippen LogP contribution in [0.25, 0.3) is 0 Å². The minimum absolute atomic E-state index is 0.354. The molecule has 2 aromatic rings. The molecule has 1 atom stereocenters. The van der Waals surface area contributed by atoms with Crippen LogP contribution in [-0.4, -0.2) is 15.5 Å². The fourth-order valence-corrected chi connectivity index (χ4v) is 2.42. The van der Waals surface area contributed by atoms with Crippen molar-refractivity contribution >= 4 is 11.6 Å². The van der Waals surface area contributed by atoms with E-state index in [1.54, 1.807) is 19.9 Å². The van der Waals surface area contributed by atoms with Crippen LogP contribution in [0, 0.1) is 13.8 Å². The van der Waals surface area contributed by atoms with Crippen LogP contribution in [0.1, 0.15) is 29.9 Å². The summed E-state index contributed by atoms with van der Waals surface area (Å²) in [5, 5.41) is 2.24. The molecule has 1 aromatic carbocycles. The average Bonchev–Trinajstić information content (AvgIpc) is 2.45. The van der Waals surface area contributed by atoms with E-state index >= 15 is 0 Å². The largest absolute Gasteiger partial charge is 0.418 e. The van der Waals surface area contributed by atoms with Crippen molar-refractivity contribution in [3.8, 4) is 0 Å². The van der Waals surface area contributed by atoms with Crippen LogP contribution in [0.3, 0.4) is 0 Å². The zero-order valence-corrected chi connectivity index (χ0v) is 13.3. The number of rotatable bonds is 3. The van der Waals surface area contributed by atoms with Crippen molar-refractivity contribution in [2.75, 3.05) is 5.32 Å². The van der Waals surface area contributed by atoms with Gasteiger partial charge < -0.3 is 5.32 Å². The molecule has 2 rings (SSSR count). The summed E-state index contributed by atoms with van der Waals surface area (Å²) in [5.74, 6) is -0.734. The van der Waals surface area contributed by atoms with Gasteiger partial charge in [0.15, 0.2) is 0 Å². The predicted molar refractivity (Wildman–Crippen MR) is 82.8 cm³/mol. The molecule has 0 fully saturated rings. The number of carbonyl (C=O) groups excluding carboxylic acids is 1. The molecule has 0 spiro atoms. The van der Waals surface area contributed by atoms with E-state index in [0.29, 0.717) is 11.4 Å². The molecule has 8 heteroatoms. The topological polar surface area (TPSA) is 64.0 Å². The van der Waals surface area contributed by atoms with Gasteiger partial charge in [-0.3, -0.25) is 9.36 Å². The summed E-state index contributed by atoms with van der Waals surface area (Å²) in [4.78, 5) is 28.0. The molecule has 1 aromatic heterocycles. The highest BCUT2D eigenvalue weighted by Crippen LogP contribution is 2.34. The van der Waals surface area contributed by atoms with E-state index in [-0.39, 0.29) is 5.69 Å². The molecule has 0 radical (unpaired) electrons. The number of nitrogens with one attached hydrogen (secondary N) is 1. The third-order valence-electron chi connectivity index (χ3n) is 3.53. The van der Waals surface area contributed by atoms with Crippen LogP contribution in [-0.2, 0) is 11.0 Å². The number of benzene rings is 1. The number of nitrogens with zero attached hydrogens (tertiary/aromatic N) is 2. The van der Waals surface area contributed by atoms with Gasteiger partial charge in [0.05, 0.1) is 11.3 Å². The Morgan fingerprint density at radius 2 is 1.88 bits per heavy atom. The van der Waals surface area contributed by atoms with Gasteiger partial charge >= 0.3 is 11.9 Å². The number of aryl methyl sites for hydroxylation is 2. The molecule has 1 amide bonds. The van der Waals surface area contributed by atoms with Crippen molar-refractivity contribution in [1.29, 1.82) is 0 Å². The van der Waals surface area contributed by atoms with Crippen molar-refractivity contribution < 1.29 is 18.0 Å². The molecule has 0 aliphatic carbocycles. The quantitative estimate of drug-likeness (QED) is 0.935. The summed E-state index contributed by atoms with van der Waals surface area (Å²) in [5.41, 5.74) is -0.924. The molecule has 24 heavy (non-hydrogen) atoms. The number of halogens is 3. The summed E-state index contributed by atoms with van der Waals surface area (Å²) in [6.07, 6.45) is -4.59. The van der Waals surface area contributed by atoms with Crippen LogP contribution >= 0.6 is 0 Å². The normalized spacial score (nSPS) is 12.8. The van der Waals surface area contributed by atoms with Crippen molar-refractivity contribution in [2.45, 2.75) is 33.0 Å². The average molecular weight is 339 g/mol. The summed E-state index contributed by atoms with van der Waals surface area (Å²) >= 11 is 0. The van der Waals surface area contributed by atoms with Crippen molar-refractivity contribution in [1.82, 2.24) is 9.55 Å². The fraction of sp³-hybridized carbons (Fsp3) is 0.312. The molecule has 1 heterocycles. The first-order chi connectivity index (χ1) is 11.1. The second-order valence-electron chi connectivity index (χ2n) is 5.40. The van der Waals surface area contributed by atoms with Gasteiger partial charge in [-0.05, 0) is 39.0 Å². The lowest BCUT2D eigenvalue weighted by atomic mass is 10.1.